The summed E-state index contributed by atoms with van der Waals surface area (Å²) in [6.07, 6.45) is 0. The number of pyridine rings is 1. The number of nitrogens with one attached hydrogen (secondary N) is 1. The second-order valence-corrected chi connectivity index (χ2v) is 4.84. The summed E-state index contributed by atoms with van der Waals surface area (Å²) >= 11 is 12.1. The van der Waals surface area contributed by atoms with Crippen molar-refractivity contribution < 1.29 is 0 Å². The summed E-state index contributed by atoms with van der Waals surface area (Å²) in [5.41, 5.74) is 10.3. The Balaban J connectivity index is 2.51. The molecule has 1 N–H and O–H groups in total. The van der Waals surface area contributed by atoms with Gasteiger partial charge >= 0.3 is 0 Å². The fourth-order valence-electron chi connectivity index (χ4n) is 1.59. The van der Waals surface area contributed by atoms with Crippen LogP contribution in [0.2, 0.25) is 10.0 Å². The number of nitrogens with zero attached hydrogens (tertiary/aromatic N) is 5. The molecule has 0 aliphatic rings. The van der Waals surface area contributed by atoms with E-state index in [0.29, 0.717) is 0 Å². The van der Waals surface area contributed by atoms with E-state index in [-0.39, 0.29) is 27.2 Å². The Hall–Kier alpha value is -2.45. The zero-order valence-electron chi connectivity index (χ0n) is 10.8. The van der Waals surface area contributed by atoms with E-state index in [1.807, 2.05) is 37.3 Å². The first-order valence-electron chi connectivity index (χ1n) is 5.74. The molecule has 1 heterocycles. The van der Waals surface area contributed by atoms with Crippen LogP contribution in [0, 0.1) is 18.3 Å². The van der Waals surface area contributed by atoms with Crippen molar-refractivity contribution in [2.45, 2.75) is 6.92 Å². The SMILES string of the molecule is Cc1ccc(Nc2nc(N=[N+]=[N-])c(C#N)c(Cl)c2Cl)cc1. The Kier molecular flexibility index (Phi) is 4.51. The molecule has 0 fully saturated rings. The molecule has 2 rings (SSSR count). The Bertz CT molecular complexity index is 773. The van der Waals surface area contributed by atoms with E-state index >= 15 is 0 Å². The molecule has 0 aliphatic carbocycles. The molecule has 0 saturated heterocycles. The molecule has 0 radical (unpaired) electrons. The smallest absolute Gasteiger partial charge is 0.151 e. The maximum atomic E-state index is 9.02. The predicted molar refractivity (Wildman–Crippen MR) is 82.2 cm³/mol. The highest BCUT2D eigenvalue weighted by molar-refractivity contribution is 6.44. The van der Waals surface area contributed by atoms with Crippen LogP contribution in [0.15, 0.2) is 29.4 Å². The summed E-state index contributed by atoms with van der Waals surface area (Å²) in [7, 11) is 0. The highest BCUT2D eigenvalue weighted by Crippen LogP contribution is 2.37. The second kappa shape index (κ2) is 6.33. The lowest BCUT2D eigenvalue weighted by molar-refractivity contribution is 1.23. The van der Waals surface area contributed by atoms with Crippen LogP contribution in [0.5, 0.6) is 0 Å². The standard InChI is InChI=1S/C13H8Cl2N6/c1-7-2-4-8(5-3-7)18-13-11(15)10(14)9(6-16)12(19-13)20-21-17/h2-5H,1H3,(H,18,19). The number of rotatable bonds is 3. The Morgan fingerprint density at radius 2 is 1.95 bits per heavy atom. The number of benzene rings is 1. The van der Waals surface area contributed by atoms with Crippen molar-refractivity contribution in [2.24, 2.45) is 5.11 Å². The minimum Gasteiger partial charge on any atom is -0.339 e. The van der Waals surface area contributed by atoms with E-state index in [1.165, 1.54) is 0 Å². The van der Waals surface area contributed by atoms with Crippen LogP contribution in [0.25, 0.3) is 10.4 Å². The van der Waals surface area contributed by atoms with Crippen LogP contribution in [-0.2, 0) is 0 Å². The van der Waals surface area contributed by atoms with E-state index in [1.54, 1.807) is 0 Å². The lowest BCUT2D eigenvalue weighted by atomic mass is 10.2. The summed E-state index contributed by atoms with van der Waals surface area (Å²) in [4.78, 5) is 6.67. The van der Waals surface area contributed by atoms with E-state index in [0.717, 1.165) is 11.3 Å². The third-order valence-corrected chi connectivity index (χ3v) is 3.47. The summed E-state index contributed by atoms with van der Waals surface area (Å²) in [5.74, 6) is 0.0935. The molecular weight excluding hydrogens is 311 g/mol. The summed E-state index contributed by atoms with van der Waals surface area (Å²) in [5, 5.41) is 15.4. The molecule has 0 aliphatic heterocycles. The average Bonchev–Trinajstić information content (AvgIpc) is 2.47. The maximum absolute atomic E-state index is 9.02. The third-order valence-electron chi connectivity index (χ3n) is 2.63. The van der Waals surface area contributed by atoms with E-state index in [9.17, 15) is 0 Å². The topological polar surface area (TPSA) is 97.5 Å². The molecule has 0 spiro atoms. The van der Waals surface area contributed by atoms with Gasteiger partial charge in [0.1, 0.15) is 22.5 Å². The highest BCUT2D eigenvalue weighted by Gasteiger charge is 2.16. The molecule has 0 amide bonds. The van der Waals surface area contributed by atoms with Gasteiger partial charge in [-0.15, -0.1) is 0 Å². The quantitative estimate of drug-likeness (QED) is 0.475. The van der Waals surface area contributed by atoms with Crippen LogP contribution in [0.1, 0.15) is 11.1 Å². The molecule has 0 saturated carbocycles. The van der Waals surface area contributed by atoms with Crippen molar-refractivity contribution in [1.29, 1.82) is 5.26 Å². The second-order valence-electron chi connectivity index (χ2n) is 4.08. The minimum absolute atomic E-state index is 0.00817. The first kappa shape index (κ1) is 14.9. The molecule has 1 aromatic carbocycles. The van der Waals surface area contributed by atoms with Gasteiger partial charge in [0, 0.05) is 10.6 Å². The number of hydrogen-bond donors (Lipinski definition) is 1. The van der Waals surface area contributed by atoms with Crippen LogP contribution in [0.3, 0.4) is 0 Å². The summed E-state index contributed by atoms with van der Waals surface area (Å²) in [6, 6.07) is 9.32. The van der Waals surface area contributed by atoms with Gasteiger partial charge in [0.25, 0.3) is 0 Å². The molecule has 8 heteroatoms. The molecule has 1 aromatic heterocycles. The highest BCUT2D eigenvalue weighted by atomic mass is 35.5. The number of nitriles is 1. The molecular formula is C13H8Cl2N6. The first-order valence-corrected chi connectivity index (χ1v) is 6.50. The number of azide groups is 1. The third kappa shape index (κ3) is 3.18. The van der Waals surface area contributed by atoms with Gasteiger partial charge in [0.15, 0.2) is 5.82 Å². The van der Waals surface area contributed by atoms with Crippen molar-refractivity contribution in [3.63, 3.8) is 0 Å². The lowest BCUT2D eigenvalue weighted by Crippen LogP contribution is -1.97. The van der Waals surface area contributed by atoms with Crippen molar-refractivity contribution in [3.8, 4) is 6.07 Å². The zero-order chi connectivity index (χ0) is 15.4. The molecule has 104 valence electrons. The van der Waals surface area contributed by atoms with Crippen molar-refractivity contribution in [1.82, 2.24) is 4.98 Å². The van der Waals surface area contributed by atoms with E-state index in [4.69, 9.17) is 34.0 Å². The van der Waals surface area contributed by atoms with Gasteiger partial charge in [0.05, 0.1) is 5.02 Å². The molecule has 0 unspecified atom stereocenters. The van der Waals surface area contributed by atoms with Gasteiger partial charge < -0.3 is 5.32 Å². The maximum Gasteiger partial charge on any atom is 0.151 e. The number of anilines is 2. The van der Waals surface area contributed by atoms with Crippen molar-refractivity contribution in [2.75, 3.05) is 5.32 Å². The predicted octanol–water partition coefficient (Wildman–Crippen LogP) is 5.25. The van der Waals surface area contributed by atoms with Crippen LogP contribution < -0.4 is 5.32 Å². The zero-order valence-corrected chi connectivity index (χ0v) is 12.3. The average molecular weight is 319 g/mol. The van der Waals surface area contributed by atoms with Gasteiger partial charge in [-0.2, -0.15) is 5.26 Å². The van der Waals surface area contributed by atoms with Crippen molar-refractivity contribution >= 4 is 40.5 Å². The molecule has 0 atom stereocenters. The van der Waals surface area contributed by atoms with Crippen molar-refractivity contribution in [3.05, 3.63) is 55.9 Å². The van der Waals surface area contributed by atoms with E-state index in [2.05, 4.69) is 20.3 Å². The Labute approximate surface area is 130 Å². The molecule has 21 heavy (non-hydrogen) atoms. The van der Waals surface area contributed by atoms with Crippen LogP contribution >= 0.6 is 23.2 Å². The molecule has 2 aromatic rings. The molecule has 6 nitrogen and oxygen atoms in total. The van der Waals surface area contributed by atoms with Gasteiger partial charge in [-0.3, -0.25) is 0 Å². The van der Waals surface area contributed by atoms with Gasteiger partial charge in [0.2, 0.25) is 0 Å². The molecule has 0 bridgehead atoms. The van der Waals surface area contributed by atoms with Crippen LogP contribution in [0.4, 0.5) is 17.3 Å². The van der Waals surface area contributed by atoms with Gasteiger partial charge in [-0.25, -0.2) is 4.98 Å². The fourth-order valence-corrected chi connectivity index (χ4v) is 1.99. The minimum atomic E-state index is -0.121. The monoisotopic (exact) mass is 318 g/mol. The Morgan fingerprint density at radius 1 is 1.29 bits per heavy atom. The summed E-state index contributed by atoms with van der Waals surface area (Å²) in [6.45, 7) is 1.97. The largest absolute Gasteiger partial charge is 0.339 e. The number of halogens is 2. The number of aromatic nitrogens is 1. The van der Waals surface area contributed by atoms with E-state index < -0.39 is 0 Å². The number of hydrogen-bond acceptors (Lipinski definition) is 4. The fraction of sp³-hybridized carbons (Fsp3) is 0.0769. The summed E-state index contributed by atoms with van der Waals surface area (Å²) < 4.78 is 0. The first-order chi connectivity index (χ1) is 10.1. The van der Waals surface area contributed by atoms with Gasteiger partial charge in [-0.1, -0.05) is 40.9 Å². The normalized spacial score (nSPS) is 9.62. The Morgan fingerprint density at radius 3 is 2.52 bits per heavy atom. The van der Waals surface area contributed by atoms with Crippen LogP contribution in [-0.4, -0.2) is 4.98 Å². The lowest BCUT2D eigenvalue weighted by Gasteiger charge is -2.11. The number of aryl methyl sites for hydroxylation is 1. The van der Waals surface area contributed by atoms with Gasteiger partial charge in [-0.05, 0) is 29.7 Å².